The molecule has 0 unspecified atom stereocenters. The molecule has 22 heavy (non-hydrogen) atoms. The van der Waals surface area contributed by atoms with Crippen LogP contribution in [0.15, 0.2) is 54.9 Å². The van der Waals surface area contributed by atoms with Crippen molar-refractivity contribution in [3.05, 3.63) is 60.4 Å². The first-order chi connectivity index (χ1) is 10.6. The van der Waals surface area contributed by atoms with Crippen molar-refractivity contribution in [2.45, 2.75) is 19.6 Å². The Morgan fingerprint density at radius 2 is 1.95 bits per heavy atom. The number of rotatable bonds is 5. The Kier molecular flexibility index (Phi) is 5.48. The van der Waals surface area contributed by atoms with Crippen molar-refractivity contribution in [2.75, 3.05) is 5.32 Å². The van der Waals surface area contributed by atoms with Crippen molar-refractivity contribution in [3.8, 4) is 0 Å². The summed E-state index contributed by atoms with van der Waals surface area (Å²) in [5.74, 6) is -0.343. The van der Waals surface area contributed by atoms with Crippen molar-refractivity contribution in [1.29, 1.82) is 0 Å². The van der Waals surface area contributed by atoms with Crippen LogP contribution in [0.1, 0.15) is 12.5 Å². The summed E-state index contributed by atoms with van der Waals surface area (Å²) in [5.41, 5.74) is 1.45. The molecule has 0 aliphatic heterocycles. The van der Waals surface area contributed by atoms with Gasteiger partial charge in [-0.1, -0.05) is 30.3 Å². The van der Waals surface area contributed by atoms with Gasteiger partial charge in [0.2, 0.25) is 5.91 Å². The lowest BCUT2D eigenvalue weighted by Gasteiger charge is -2.14. The highest BCUT2D eigenvalue weighted by molar-refractivity contribution is 5.96. The zero-order valence-corrected chi connectivity index (χ0v) is 12.2. The van der Waals surface area contributed by atoms with E-state index in [1.165, 1.54) is 6.20 Å². The molecule has 2 aromatic rings. The van der Waals surface area contributed by atoms with Gasteiger partial charge in [0.25, 0.3) is 0 Å². The second-order valence-electron chi connectivity index (χ2n) is 4.66. The highest BCUT2D eigenvalue weighted by Gasteiger charge is 2.16. The minimum atomic E-state index is -0.719. The van der Waals surface area contributed by atoms with Crippen molar-refractivity contribution in [3.63, 3.8) is 0 Å². The molecular weight excluding hydrogens is 282 g/mol. The number of nitrogens with zero attached hydrogens (tertiary/aromatic N) is 1. The van der Waals surface area contributed by atoms with Crippen molar-refractivity contribution >= 4 is 17.7 Å². The van der Waals surface area contributed by atoms with E-state index >= 15 is 0 Å². The summed E-state index contributed by atoms with van der Waals surface area (Å²) >= 11 is 0. The maximum atomic E-state index is 11.9. The third-order valence-electron chi connectivity index (χ3n) is 2.87. The lowest BCUT2D eigenvalue weighted by molar-refractivity contribution is -0.117. The first-order valence-electron chi connectivity index (χ1n) is 6.83. The monoisotopic (exact) mass is 299 g/mol. The Balaban J connectivity index is 1.77. The second-order valence-corrected chi connectivity index (χ2v) is 4.66. The summed E-state index contributed by atoms with van der Waals surface area (Å²) in [6.45, 7) is 1.74. The summed E-state index contributed by atoms with van der Waals surface area (Å²) < 4.78 is 5.06. The van der Waals surface area contributed by atoms with Gasteiger partial charge in [0.05, 0.1) is 11.9 Å². The lowest BCUT2D eigenvalue weighted by atomic mass is 10.2. The van der Waals surface area contributed by atoms with Crippen LogP contribution < -0.4 is 10.6 Å². The topological polar surface area (TPSA) is 80.3 Å². The quantitative estimate of drug-likeness (QED) is 0.888. The normalized spacial score (nSPS) is 11.3. The van der Waals surface area contributed by atoms with E-state index in [2.05, 4.69) is 15.6 Å². The molecule has 0 spiro atoms. The molecule has 114 valence electrons. The molecule has 0 bridgehead atoms. The molecule has 6 nitrogen and oxygen atoms in total. The first kappa shape index (κ1) is 15.5. The molecule has 1 aromatic carbocycles. The van der Waals surface area contributed by atoms with Crippen molar-refractivity contribution < 1.29 is 14.3 Å². The maximum absolute atomic E-state index is 11.9. The first-order valence-corrected chi connectivity index (χ1v) is 6.83. The average Bonchev–Trinajstić information content (AvgIpc) is 2.55. The molecule has 2 amide bonds. The van der Waals surface area contributed by atoms with Crippen molar-refractivity contribution in [2.24, 2.45) is 0 Å². The Bertz CT molecular complexity index is 617. The van der Waals surface area contributed by atoms with Gasteiger partial charge >= 0.3 is 6.09 Å². The molecule has 0 fully saturated rings. The van der Waals surface area contributed by atoms with E-state index < -0.39 is 12.1 Å². The Morgan fingerprint density at radius 1 is 1.18 bits per heavy atom. The number of amides is 2. The fourth-order valence-corrected chi connectivity index (χ4v) is 1.69. The van der Waals surface area contributed by atoms with Crippen LogP contribution in [0.25, 0.3) is 0 Å². The van der Waals surface area contributed by atoms with Gasteiger partial charge < -0.3 is 15.4 Å². The van der Waals surface area contributed by atoms with E-state index in [9.17, 15) is 9.59 Å². The Morgan fingerprint density at radius 3 is 2.64 bits per heavy atom. The summed E-state index contributed by atoms with van der Waals surface area (Å²) in [4.78, 5) is 27.5. The smallest absolute Gasteiger partial charge is 0.408 e. The molecule has 2 rings (SSSR count). The zero-order valence-electron chi connectivity index (χ0n) is 12.2. The van der Waals surface area contributed by atoms with Gasteiger partial charge in [0, 0.05) is 6.20 Å². The average molecular weight is 299 g/mol. The number of carbonyl (C=O) groups is 2. The fourth-order valence-electron chi connectivity index (χ4n) is 1.69. The number of alkyl carbamates (subject to hydrolysis) is 1. The van der Waals surface area contributed by atoms with Crippen LogP contribution in [-0.4, -0.2) is 23.0 Å². The molecule has 0 radical (unpaired) electrons. The number of anilines is 1. The van der Waals surface area contributed by atoms with E-state index in [4.69, 9.17) is 4.74 Å². The Labute approximate surface area is 128 Å². The second kappa shape index (κ2) is 7.78. The van der Waals surface area contributed by atoms with Gasteiger partial charge in [-0.05, 0) is 24.6 Å². The van der Waals surface area contributed by atoms with Crippen LogP contribution in [0.4, 0.5) is 10.5 Å². The van der Waals surface area contributed by atoms with E-state index in [1.807, 2.05) is 30.3 Å². The zero-order chi connectivity index (χ0) is 15.8. The van der Waals surface area contributed by atoms with Gasteiger partial charge in [-0.2, -0.15) is 0 Å². The summed E-state index contributed by atoms with van der Waals surface area (Å²) in [5, 5.41) is 5.13. The van der Waals surface area contributed by atoms with E-state index in [0.717, 1.165) is 5.56 Å². The molecule has 0 aliphatic carbocycles. The number of hydrogen-bond acceptors (Lipinski definition) is 4. The Hall–Kier alpha value is -2.89. The third-order valence-corrected chi connectivity index (χ3v) is 2.87. The molecule has 1 aromatic heterocycles. The van der Waals surface area contributed by atoms with Crippen LogP contribution in [-0.2, 0) is 16.1 Å². The maximum Gasteiger partial charge on any atom is 0.408 e. The van der Waals surface area contributed by atoms with E-state index in [-0.39, 0.29) is 12.5 Å². The van der Waals surface area contributed by atoms with Crippen LogP contribution in [0.3, 0.4) is 0 Å². The SMILES string of the molecule is C[C@H](NC(=O)OCc1ccccc1)C(=O)Nc1cccnc1. The number of benzene rings is 1. The molecule has 2 N–H and O–H groups in total. The van der Waals surface area contributed by atoms with E-state index in [0.29, 0.717) is 5.69 Å². The number of carbonyl (C=O) groups excluding carboxylic acids is 2. The number of ether oxygens (including phenoxy) is 1. The fraction of sp³-hybridized carbons (Fsp3) is 0.188. The highest BCUT2D eigenvalue weighted by Crippen LogP contribution is 2.04. The van der Waals surface area contributed by atoms with Crippen LogP contribution in [0, 0.1) is 0 Å². The van der Waals surface area contributed by atoms with Gasteiger partial charge in [-0.3, -0.25) is 9.78 Å². The summed E-state index contributed by atoms with van der Waals surface area (Å²) in [7, 11) is 0. The van der Waals surface area contributed by atoms with Crippen LogP contribution in [0.5, 0.6) is 0 Å². The highest BCUT2D eigenvalue weighted by atomic mass is 16.5. The largest absolute Gasteiger partial charge is 0.445 e. The number of aromatic nitrogens is 1. The van der Waals surface area contributed by atoms with Gasteiger partial charge in [-0.25, -0.2) is 4.79 Å². The lowest BCUT2D eigenvalue weighted by Crippen LogP contribution is -2.41. The predicted molar refractivity (Wildman–Crippen MR) is 82.1 cm³/mol. The number of nitrogens with one attached hydrogen (secondary N) is 2. The summed E-state index contributed by atoms with van der Waals surface area (Å²) in [6, 6.07) is 12.0. The minimum absolute atomic E-state index is 0.156. The van der Waals surface area contributed by atoms with Crippen LogP contribution in [0.2, 0.25) is 0 Å². The number of hydrogen-bond donors (Lipinski definition) is 2. The standard InChI is InChI=1S/C16H17N3O3/c1-12(15(20)19-14-8-5-9-17-10-14)18-16(21)22-11-13-6-3-2-4-7-13/h2-10,12H,11H2,1H3,(H,18,21)(H,19,20)/t12-/m0/s1. The minimum Gasteiger partial charge on any atom is -0.445 e. The van der Waals surface area contributed by atoms with E-state index in [1.54, 1.807) is 25.3 Å². The van der Waals surface area contributed by atoms with Gasteiger partial charge in [-0.15, -0.1) is 0 Å². The van der Waals surface area contributed by atoms with Gasteiger partial charge in [0.1, 0.15) is 12.6 Å². The van der Waals surface area contributed by atoms with Crippen molar-refractivity contribution in [1.82, 2.24) is 10.3 Å². The third kappa shape index (κ3) is 4.90. The number of pyridine rings is 1. The van der Waals surface area contributed by atoms with Crippen LogP contribution >= 0.6 is 0 Å². The molecule has 0 aliphatic rings. The molecule has 1 heterocycles. The molecular formula is C16H17N3O3. The summed E-state index contributed by atoms with van der Waals surface area (Å²) in [6.07, 6.45) is 2.49. The molecule has 0 saturated carbocycles. The molecule has 1 atom stereocenters. The van der Waals surface area contributed by atoms with Gasteiger partial charge in [0.15, 0.2) is 0 Å². The molecule has 0 saturated heterocycles. The molecule has 6 heteroatoms. The predicted octanol–water partition coefficient (Wildman–Crippen LogP) is 2.33.